The molecule has 12 heavy (non-hydrogen) atoms. The van der Waals surface area contributed by atoms with E-state index >= 15 is 0 Å². The minimum Gasteiger partial charge on any atom is -0.357 e. The highest BCUT2D eigenvalue weighted by atomic mass is 16.5. The molecule has 0 unspecified atom stereocenters. The summed E-state index contributed by atoms with van der Waals surface area (Å²) in [5, 5.41) is 3.80. The third-order valence-electron chi connectivity index (χ3n) is 1.62. The molecule has 0 bridgehead atoms. The Morgan fingerprint density at radius 3 is 2.83 bits per heavy atom. The van der Waals surface area contributed by atoms with Crippen LogP contribution in [0.5, 0.6) is 0 Å². The zero-order chi connectivity index (χ0) is 8.55. The Bertz CT molecular complexity index is 350. The van der Waals surface area contributed by atoms with Gasteiger partial charge in [0.1, 0.15) is 0 Å². The van der Waals surface area contributed by atoms with Gasteiger partial charge in [-0.1, -0.05) is 5.16 Å². The van der Waals surface area contributed by atoms with Gasteiger partial charge < -0.3 is 9.09 Å². The first kappa shape index (κ1) is 7.09. The standard InChI is InChI=1S/C8H9N3O/c1-6-9-8(10-12-6)7-3-4-11(2)5-7/h3-5H,1-2H3. The number of nitrogens with zero attached hydrogens (tertiary/aromatic N) is 3. The van der Waals surface area contributed by atoms with Gasteiger partial charge in [0.15, 0.2) is 0 Å². The Morgan fingerprint density at radius 1 is 1.50 bits per heavy atom. The Labute approximate surface area is 69.8 Å². The third kappa shape index (κ3) is 1.11. The molecule has 4 nitrogen and oxygen atoms in total. The molecule has 0 radical (unpaired) electrons. The first-order chi connectivity index (χ1) is 5.75. The van der Waals surface area contributed by atoms with Crippen LogP contribution in [0.2, 0.25) is 0 Å². The van der Waals surface area contributed by atoms with Crippen molar-refractivity contribution in [2.45, 2.75) is 6.92 Å². The molecular formula is C8H9N3O. The van der Waals surface area contributed by atoms with Gasteiger partial charge in [0.2, 0.25) is 11.7 Å². The monoisotopic (exact) mass is 163 g/mol. The molecule has 0 N–H and O–H groups in total. The molecule has 0 saturated carbocycles. The largest absolute Gasteiger partial charge is 0.357 e. The van der Waals surface area contributed by atoms with Crippen LogP contribution in [0.1, 0.15) is 5.89 Å². The zero-order valence-corrected chi connectivity index (χ0v) is 6.98. The molecule has 2 heterocycles. The van der Waals surface area contributed by atoms with Gasteiger partial charge in [-0.05, 0) is 6.07 Å². The molecule has 0 amide bonds. The fourth-order valence-corrected chi connectivity index (χ4v) is 1.05. The minimum absolute atomic E-state index is 0.592. The molecule has 0 atom stereocenters. The molecular weight excluding hydrogens is 154 g/mol. The van der Waals surface area contributed by atoms with Crippen molar-refractivity contribution < 1.29 is 4.52 Å². The molecule has 4 heteroatoms. The normalized spacial score (nSPS) is 10.5. The van der Waals surface area contributed by atoms with Gasteiger partial charge in [-0.3, -0.25) is 0 Å². The molecule has 62 valence electrons. The summed E-state index contributed by atoms with van der Waals surface area (Å²) in [6.07, 6.45) is 3.89. The maximum atomic E-state index is 4.86. The maximum absolute atomic E-state index is 4.86. The van der Waals surface area contributed by atoms with E-state index in [0.29, 0.717) is 11.7 Å². The fourth-order valence-electron chi connectivity index (χ4n) is 1.05. The van der Waals surface area contributed by atoms with Gasteiger partial charge in [-0.25, -0.2) is 0 Å². The fraction of sp³-hybridized carbons (Fsp3) is 0.250. The van der Waals surface area contributed by atoms with E-state index in [1.165, 1.54) is 0 Å². The Balaban J connectivity index is 2.43. The lowest BCUT2D eigenvalue weighted by atomic mass is 10.3. The highest BCUT2D eigenvalue weighted by Gasteiger charge is 2.05. The van der Waals surface area contributed by atoms with E-state index in [-0.39, 0.29) is 0 Å². The minimum atomic E-state index is 0.592. The average molecular weight is 163 g/mol. The van der Waals surface area contributed by atoms with Crippen molar-refractivity contribution >= 4 is 0 Å². The van der Waals surface area contributed by atoms with Crippen molar-refractivity contribution in [2.24, 2.45) is 7.05 Å². The highest BCUT2D eigenvalue weighted by molar-refractivity contribution is 5.52. The van der Waals surface area contributed by atoms with E-state index in [1.54, 1.807) is 6.92 Å². The molecule has 2 aromatic heterocycles. The van der Waals surface area contributed by atoms with Gasteiger partial charge in [-0.2, -0.15) is 4.98 Å². The number of aryl methyl sites for hydroxylation is 2. The van der Waals surface area contributed by atoms with Crippen LogP contribution in [0.25, 0.3) is 11.4 Å². The van der Waals surface area contributed by atoms with E-state index in [9.17, 15) is 0 Å². The molecule has 2 rings (SSSR count). The van der Waals surface area contributed by atoms with Crippen molar-refractivity contribution in [3.05, 3.63) is 24.4 Å². The summed E-state index contributed by atoms with van der Waals surface area (Å²) in [5.74, 6) is 1.24. The number of rotatable bonds is 1. The summed E-state index contributed by atoms with van der Waals surface area (Å²) in [7, 11) is 1.95. The predicted molar refractivity (Wildman–Crippen MR) is 43.4 cm³/mol. The molecule has 0 aliphatic heterocycles. The maximum Gasteiger partial charge on any atom is 0.223 e. The van der Waals surface area contributed by atoms with Crippen molar-refractivity contribution in [3.63, 3.8) is 0 Å². The quantitative estimate of drug-likeness (QED) is 0.638. The summed E-state index contributed by atoms with van der Waals surface area (Å²) in [6.45, 7) is 1.78. The second-order valence-corrected chi connectivity index (χ2v) is 2.70. The zero-order valence-electron chi connectivity index (χ0n) is 6.98. The number of hydrogen-bond acceptors (Lipinski definition) is 3. The van der Waals surface area contributed by atoms with Gasteiger partial charge in [0.25, 0.3) is 0 Å². The van der Waals surface area contributed by atoms with Gasteiger partial charge >= 0.3 is 0 Å². The molecule has 0 aliphatic carbocycles. The van der Waals surface area contributed by atoms with Crippen LogP contribution in [0.15, 0.2) is 23.0 Å². The van der Waals surface area contributed by atoms with Crippen molar-refractivity contribution in [2.75, 3.05) is 0 Å². The Morgan fingerprint density at radius 2 is 2.33 bits per heavy atom. The van der Waals surface area contributed by atoms with E-state index in [2.05, 4.69) is 10.1 Å². The highest BCUT2D eigenvalue weighted by Crippen LogP contribution is 2.14. The third-order valence-corrected chi connectivity index (χ3v) is 1.62. The summed E-state index contributed by atoms with van der Waals surface area (Å²) < 4.78 is 6.80. The molecule has 2 aromatic rings. The first-order valence-corrected chi connectivity index (χ1v) is 3.68. The SMILES string of the molecule is Cc1nc(-c2ccn(C)c2)no1. The van der Waals surface area contributed by atoms with Crippen LogP contribution in [-0.2, 0) is 7.05 Å². The second-order valence-electron chi connectivity index (χ2n) is 2.70. The lowest BCUT2D eigenvalue weighted by molar-refractivity contribution is 0.394. The van der Waals surface area contributed by atoms with Gasteiger partial charge in [0, 0.05) is 31.9 Å². The predicted octanol–water partition coefficient (Wildman–Crippen LogP) is 1.38. The van der Waals surface area contributed by atoms with Crippen LogP contribution in [0.3, 0.4) is 0 Å². The van der Waals surface area contributed by atoms with Crippen molar-refractivity contribution in [1.82, 2.24) is 14.7 Å². The topological polar surface area (TPSA) is 43.9 Å². The number of aromatic nitrogens is 3. The van der Waals surface area contributed by atoms with Gasteiger partial charge in [0.05, 0.1) is 0 Å². The lowest BCUT2D eigenvalue weighted by Crippen LogP contribution is -1.80. The summed E-state index contributed by atoms with van der Waals surface area (Å²) in [5.41, 5.74) is 0.981. The van der Waals surface area contributed by atoms with E-state index in [1.807, 2.05) is 30.1 Å². The van der Waals surface area contributed by atoms with Crippen LogP contribution < -0.4 is 0 Å². The average Bonchev–Trinajstić information content (AvgIpc) is 2.58. The van der Waals surface area contributed by atoms with Crippen LogP contribution in [0, 0.1) is 6.92 Å². The molecule has 0 spiro atoms. The van der Waals surface area contributed by atoms with Gasteiger partial charge in [-0.15, -0.1) is 0 Å². The van der Waals surface area contributed by atoms with Crippen molar-refractivity contribution in [1.29, 1.82) is 0 Å². The van der Waals surface area contributed by atoms with Crippen LogP contribution >= 0.6 is 0 Å². The smallest absolute Gasteiger partial charge is 0.223 e. The lowest BCUT2D eigenvalue weighted by Gasteiger charge is -1.84. The molecule has 0 fully saturated rings. The molecule has 0 aliphatic rings. The Hall–Kier alpha value is -1.58. The number of hydrogen-bond donors (Lipinski definition) is 0. The van der Waals surface area contributed by atoms with Crippen LogP contribution in [0.4, 0.5) is 0 Å². The van der Waals surface area contributed by atoms with E-state index < -0.39 is 0 Å². The second kappa shape index (κ2) is 2.48. The first-order valence-electron chi connectivity index (χ1n) is 3.68. The van der Waals surface area contributed by atoms with Crippen molar-refractivity contribution in [3.8, 4) is 11.4 Å². The molecule has 0 aromatic carbocycles. The summed E-state index contributed by atoms with van der Waals surface area (Å²) in [6, 6.07) is 1.95. The molecule has 0 saturated heterocycles. The van der Waals surface area contributed by atoms with E-state index in [0.717, 1.165) is 5.56 Å². The summed E-state index contributed by atoms with van der Waals surface area (Å²) in [4.78, 5) is 4.10. The van der Waals surface area contributed by atoms with E-state index in [4.69, 9.17) is 4.52 Å². The summed E-state index contributed by atoms with van der Waals surface area (Å²) >= 11 is 0. The Kier molecular flexibility index (Phi) is 1.46. The van der Waals surface area contributed by atoms with Crippen LogP contribution in [-0.4, -0.2) is 14.7 Å².